The van der Waals surface area contributed by atoms with Crippen molar-refractivity contribution in [3.63, 3.8) is 0 Å². The van der Waals surface area contributed by atoms with Gasteiger partial charge in [-0.05, 0) is 40.0 Å². The lowest BCUT2D eigenvalue weighted by Crippen LogP contribution is -2.47. The third-order valence-corrected chi connectivity index (χ3v) is 4.47. The molecule has 0 aliphatic rings. The SMILES string of the molecule is C=CCOC(=O)N[C@@H](C)C(=O)OC[C@@H](CCC(=O)N[C@H](C(=O)OCC=C)C(C)C)NC(=O)OC(C)(C)C. The Labute approximate surface area is 218 Å². The summed E-state index contributed by atoms with van der Waals surface area (Å²) in [6.45, 7) is 16.6. The zero-order valence-electron chi connectivity index (χ0n) is 22.6. The van der Waals surface area contributed by atoms with Crippen LogP contribution >= 0.6 is 0 Å². The van der Waals surface area contributed by atoms with Gasteiger partial charge in [0.2, 0.25) is 5.91 Å². The van der Waals surface area contributed by atoms with Gasteiger partial charge in [-0.25, -0.2) is 19.2 Å². The van der Waals surface area contributed by atoms with E-state index in [4.69, 9.17) is 18.9 Å². The Morgan fingerprint density at radius 1 is 0.811 bits per heavy atom. The molecule has 0 radical (unpaired) electrons. The topological polar surface area (TPSA) is 158 Å². The number of carbonyl (C=O) groups is 5. The molecule has 0 aliphatic carbocycles. The van der Waals surface area contributed by atoms with E-state index in [-0.39, 0.29) is 38.6 Å². The predicted octanol–water partition coefficient (Wildman–Crippen LogP) is 2.37. The van der Waals surface area contributed by atoms with Gasteiger partial charge in [-0.2, -0.15) is 0 Å². The summed E-state index contributed by atoms with van der Waals surface area (Å²) in [5.74, 6) is -2.06. The maximum Gasteiger partial charge on any atom is 0.408 e. The van der Waals surface area contributed by atoms with Gasteiger partial charge in [-0.1, -0.05) is 39.2 Å². The van der Waals surface area contributed by atoms with Gasteiger partial charge in [0, 0.05) is 6.42 Å². The Bertz CT molecular complexity index is 806. The molecule has 0 saturated carbocycles. The number of rotatable bonds is 15. The van der Waals surface area contributed by atoms with E-state index in [2.05, 4.69) is 29.1 Å². The van der Waals surface area contributed by atoms with Gasteiger partial charge >= 0.3 is 24.1 Å². The van der Waals surface area contributed by atoms with Crippen molar-refractivity contribution in [2.24, 2.45) is 5.92 Å². The van der Waals surface area contributed by atoms with E-state index in [1.54, 1.807) is 34.6 Å². The fraction of sp³-hybridized carbons (Fsp3) is 0.640. The average molecular weight is 528 g/mol. The molecule has 12 nitrogen and oxygen atoms in total. The molecule has 0 rings (SSSR count). The minimum atomic E-state index is -1.03. The Kier molecular flexibility index (Phi) is 15.3. The zero-order valence-corrected chi connectivity index (χ0v) is 22.6. The summed E-state index contributed by atoms with van der Waals surface area (Å²) in [5, 5.41) is 7.51. The van der Waals surface area contributed by atoms with Crippen molar-refractivity contribution in [3.8, 4) is 0 Å². The minimum absolute atomic E-state index is 0.0183. The second-order valence-corrected chi connectivity index (χ2v) is 9.47. The zero-order chi connectivity index (χ0) is 28.6. The molecule has 0 aromatic heterocycles. The lowest BCUT2D eigenvalue weighted by molar-refractivity contribution is -0.148. The molecule has 37 heavy (non-hydrogen) atoms. The maximum atomic E-state index is 12.6. The lowest BCUT2D eigenvalue weighted by Gasteiger charge is -2.24. The molecule has 0 aliphatic heterocycles. The Morgan fingerprint density at radius 2 is 1.41 bits per heavy atom. The first-order valence-electron chi connectivity index (χ1n) is 12.0. The van der Waals surface area contributed by atoms with E-state index in [9.17, 15) is 24.0 Å². The van der Waals surface area contributed by atoms with Crippen LogP contribution in [-0.2, 0) is 33.3 Å². The minimum Gasteiger partial charge on any atom is -0.462 e. The van der Waals surface area contributed by atoms with Crippen molar-refractivity contribution in [3.05, 3.63) is 25.3 Å². The van der Waals surface area contributed by atoms with E-state index in [0.717, 1.165) is 0 Å². The second kappa shape index (κ2) is 17.0. The van der Waals surface area contributed by atoms with Crippen molar-refractivity contribution >= 4 is 30.0 Å². The van der Waals surface area contributed by atoms with E-state index in [0.29, 0.717) is 0 Å². The van der Waals surface area contributed by atoms with Gasteiger partial charge in [0.1, 0.15) is 37.5 Å². The average Bonchev–Trinajstić information content (AvgIpc) is 2.79. The summed E-state index contributed by atoms with van der Waals surface area (Å²) in [5.41, 5.74) is -0.775. The Morgan fingerprint density at radius 3 is 1.95 bits per heavy atom. The van der Waals surface area contributed by atoms with Crippen molar-refractivity contribution < 1.29 is 42.9 Å². The largest absolute Gasteiger partial charge is 0.462 e. The standard InChI is InChI=1S/C25H41N3O9/c1-9-13-34-22(31)20(16(3)4)28-19(29)12-11-18(27-24(33)37-25(6,7)8)15-36-21(30)17(5)26-23(32)35-14-10-2/h9-10,16-18,20H,1-2,11-15H2,3-8H3,(H,26,32)(H,27,33)(H,28,29)/t17-,18+,20-/m0/s1. The first-order valence-corrected chi connectivity index (χ1v) is 12.0. The molecule has 0 unspecified atom stereocenters. The number of esters is 2. The summed E-state index contributed by atoms with van der Waals surface area (Å²) >= 11 is 0. The van der Waals surface area contributed by atoms with Crippen molar-refractivity contribution in [1.29, 1.82) is 0 Å². The number of hydrogen-bond donors (Lipinski definition) is 3. The molecule has 0 bridgehead atoms. The fourth-order valence-corrected chi connectivity index (χ4v) is 2.67. The number of ether oxygens (including phenoxy) is 4. The van der Waals surface area contributed by atoms with Crippen LogP contribution < -0.4 is 16.0 Å². The van der Waals surface area contributed by atoms with Gasteiger partial charge in [0.25, 0.3) is 0 Å². The Hall–Kier alpha value is -3.57. The predicted molar refractivity (Wildman–Crippen MR) is 135 cm³/mol. The van der Waals surface area contributed by atoms with Crippen molar-refractivity contribution in [2.45, 2.75) is 78.1 Å². The quantitative estimate of drug-likeness (QED) is 0.165. The van der Waals surface area contributed by atoms with Crippen LogP contribution in [0, 0.1) is 5.92 Å². The molecular weight excluding hydrogens is 486 g/mol. The summed E-state index contributed by atoms with van der Waals surface area (Å²) in [6, 6.07) is -2.69. The van der Waals surface area contributed by atoms with Gasteiger partial charge in [0.05, 0.1) is 6.04 Å². The molecule has 0 saturated heterocycles. The van der Waals surface area contributed by atoms with Crippen LogP contribution in [0.3, 0.4) is 0 Å². The van der Waals surface area contributed by atoms with Gasteiger partial charge in [-0.15, -0.1) is 0 Å². The van der Waals surface area contributed by atoms with Crippen molar-refractivity contribution in [2.75, 3.05) is 19.8 Å². The normalized spacial score (nSPS) is 13.3. The molecule has 210 valence electrons. The smallest absolute Gasteiger partial charge is 0.408 e. The summed E-state index contributed by atoms with van der Waals surface area (Å²) < 4.78 is 20.3. The van der Waals surface area contributed by atoms with Gasteiger partial charge in [0.15, 0.2) is 0 Å². The highest BCUT2D eigenvalue weighted by molar-refractivity contribution is 5.84. The second-order valence-electron chi connectivity index (χ2n) is 9.47. The third kappa shape index (κ3) is 15.9. The molecule has 0 aromatic rings. The molecule has 0 aromatic carbocycles. The summed E-state index contributed by atoms with van der Waals surface area (Å²) in [6.07, 6.45) is 1.17. The summed E-state index contributed by atoms with van der Waals surface area (Å²) in [4.78, 5) is 60.9. The van der Waals surface area contributed by atoms with Crippen LogP contribution in [0.4, 0.5) is 9.59 Å². The van der Waals surface area contributed by atoms with Gasteiger partial charge in [-0.3, -0.25) is 4.79 Å². The maximum absolute atomic E-state index is 12.6. The number of amides is 3. The fourth-order valence-electron chi connectivity index (χ4n) is 2.67. The van der Waals surface area contributed by atoms with E-state index in [1.807, 2.05) is 0 Å². The van der Waals surface area contributed by atoms with Crippen molar-refractivity contribution in [1.82, 2.24) is 16.0 Å². The first-order chi connectivity index (χ1) is 17.2. The third-order valence-electron chi connectivity index (χ3n) is 4.47. The molecule has 0 spiro atoms. The molecular formula is C25H41N3O9. The van der Waals surface area contributed by atoms with Crippen LogP contribution in [-0.4, -0.2) is 73.6 Å². The van der Waals surface area contributed by atoms with Crippen LogP contribution in [0.2, 0.25) is 0 Å². The number of carbonyl (C=O) groups excluding carboxylic acids is 5. The van der Waals surface area contributed by atoms with E-state index in [1.165, 1.54) is 19.1 Å². The Balaban J connectivity index is 5.13. The molecule has 3 N–H and O–H groups in total. The molecule has 3 amide bonds. The number of hydrogen-bond acceptors (Lipinski definition) is 9. The summed E-state index contributed by atoms with van der Waals surface area (Å²) in [7, 11) is 0. The highest BCUT2D eigenvalue weighted by atomic mass is 16.6. The molecule has 3 atom stereocenters. The lowest BCUT2D eigenvalue weighted by atomic mass is 10.0. The molecule has 0 heterocycles. The first kappa shape index (κ1) is 33.4. The molecule has 0 fully saturated rings. The van der Waals surface area contributed by atoms with Crippen LogP contribution in [0.15, 0.2) is 25.3 Å². The van der Waals surface area contributed by atoms with Gasteiger partial charge < -0.3 is 34.9 Å². The van der Waals surface area contributed by atoms with E-state index >= 15 is 0 Å². The highest BCUT2D eigenvalue weighted by Gasteiger charge is 2.27. The number of alkyl carbamates (subject to hydrolysis) is 2. The number of nitrogens with one attached hydrogen (secondary N) is 3. The van der Waals surface area contributed by atoms with Crippen LogP contribution in [0.5, 0.6) is 0 Å². The van der Waals surface area contributed by atoms with E-state index < -0.39 is 53.8 Å². The van der Waals surface area contributed by atoms with Crippen LogP contribution in [0.25, 0.3) is 0 Å². The highest BCUT2D eigenvalue weighted by Crippen LogP contribution is 2.09. The monoisotopic (exact) mass is 527 g/mol. The molecule has 12 heteroatoms. The van der Waals surface area contributed by atoms with Crippen LogP contribution in [0.1, 0.15) is 54.4 Å².